The first kappa shape index (κ1) is 22.7. The molecule has 0 saturated carbocycles. The number of hydrogen-bond donors (Lipinski definition) is 0. The van der Waals surface area contributed by atoms with Crippen LogP contribution < -0.4 is 0 Å². The molecular weight excluding hydrogens is 444 g/mol. The number of hydrogen-bond acceptors (Lipinski definition) is 9. The molecule has 0 N–H and O–H groups in total. The summed E-state index contributed by atoms with van der Waals surface area (Å²) in [5, 5.41) is 0. The number of esters is 2. The van der Waals surface area contributed by atoms with E-state index in [1.165, 1.54) is 13.8 Å². The summed E-state index contributed by atoms with van der Waals surface area (Å²) in [4.78, 5) is 39.3. The van der Waals surface area contributed by atoms with Crippen LogP contribution in [0.1, 0.15) is 31.3 Å². The number of carbonyl (C=O) groups excluding carboxylic acids is 3. The Bertz CT molecular complexity index is 1090. The SMILES string of the molecule is CC1(C)O[C@H](C=O)[C@]2(O1)C(=O)O[C@@H]1CO[C@H](c3ccccc3)O[C@@]12C(=O)OCc1ccccc1. The highest BCUT2D eigenvalue weighted by Crippen LogP contribution is 2.55. The van der Waals surface area contributed by atoms with Crippen LogP contribution in [-0.2, 0) is 49.4 Å². The lowest BCUT2D eigenvalue weighted by Crippen LogP contribution is -2.71. The molecule has 0 amide bonds. The summed E-state index contributed by atoms with van der Waals surface area (Å²) < 4.78 is 35.0. The zero-order chi connectivity index (χ0) is 24.0. The van der Waals surface area contributed by atoms with Crippen LogP contribution in [0.15, 0.2) is 60.7 Å². The highest BCUT2D eigenvalue weighted by Gasteiger charge is 2.83. The minimum absolute atomic E-state index is 0.0887. The highest BCUT2D eigenvalue weighted by atomic mass is 16.8. The first-order valence-corrected chi connectivity index (χ1v) is 10.9. The molecule has 3 aliphatic heterocycles. The lowest BCUT2D eigenvalue weighted by Gasteiger charge is -2.44. The van der Waals surface area contributed by atoms with E-state index in [4.69, 9.17) is 28.4 Å². The van der Waals surface area contributed by atoms with E-state index in [2.05, 4.69) is 0 Å². The van der Waals surface area contributed by atoms with Crippen molar-refractivity contribution >= 4 is 18.2 Å². The molecule has 9 nitrogen and oxygen atoms in total. The molecule has 9 heteroatoms. The smallest absolute Gasteiger partial charge is 0.346 e. The molecule has 178 valence electrons. The Morgan fingerprint density at radius 3 is 2.41 bits per heavy atom. The average Bonchev–Trinajstić information content (AvgIpc) is 3.28. The second kappa shape index (κ2) is 8.28. The van der Waals surface area contributed by atoms with Crippen LogP contribution in [0.4, 0.5) is 0 Å². The molecule has 3 heterocycles. The number of carbonyl (C=O) groups is 3. The summed E-state index contributed by atoms with van der Waals surface area (Å²) in [5.41, 5.74) is -3.04. The van der Waals surface area contributed by atoms with Gasteiger partial charge in [0.15, 0.2) is 30.6 Å². The highest BCUT2D eigenvalue weighted by molar-refractivity contribution is 6.00. The van der Waals surface area contributed by atoms with Gasteiger partial charge in [0.25, 0.3) is 0 Å². The van der Waals surface area contributed by atoms with E-state index in [9.17, 15) is 14.4 Å². The molecule has 3 aliphatic rings. The predicted octanol–water partition coefficient (Wildman–Crippen LogP) is 2.23. The summed E-state index contributed by atoms with van der Waals surface area (Å²) in [6.45, 7) is 2.81. The number of rotatable bonds is 5. The van der Waals surface area contributed by atoms with Crippen molar-refractivity contribution < 1.29 is 42.8 Å². The van der Waals surface area contributed by atoms with Crippen molar-refractivity contribution in [1.29, 1.82) is 0 Å². The Balaban J connectivity index is 1.60. The second-order valence-corrected chi connectivity index (χ2v) is 8.80. The topological polar surface area (TPSA) is 107 Å². The number of ether oxygens (including phenoxy) is 6. The maximum Gasteiger partial charge on any atom is 0.346 e. The number of aldehydes is 1. The quantitative estimate of drug-likeness (QED) is 0.482. The Morgan fingerprint density at radius 2 is 1.74 bits per heavy atom. The van der Waals surface area contributed by atoms with Gasteiger partial charge in [0.05, 0.1) is 6.61 Å². The van der Waals surface area contributed by atoms with Gasteiger partial charge in [-0.25, -0.2) is 9.59 Å². The van der Waals surface area contributed by atoms with E-state index in [0.717, 1.165) is 5.56 Å². The van der Waals surface area contributed by atoms with Crippen molar-refractivity contribution in [3.63, 3.8) is 0 Å². The summed E-state index contributed by atoms with van der Waals surface area (Å²) in [6, 6.07) is 17.9. The molecule has 5 atom stereocenters. The van der Waals surface area contributed by atoms with Crippen molar-refractivity contribution in [3.05, 3.63) is 71.8 Å². The molecule has 0 aliphatic carbocycles. The van der Waals surface area contributed by atoms with Crippen LogP contribution in [0.2, 0.25) is 0 Å². The minimum Gasteiger partial charge on any atom is -0.458 e. The van der Waals surface area contributed by atoms with Crippen LogP contribution in [-0.4, -0.2) is 54.0 Å². The van der Waals surface area contributed by atoms with Crippen molar-refractivity contribution in [2.75, 3.05) is 6.61 Å². The lowest BCUT2D eigenvalue weighted by atomic mass is 9.76. The summed E-state index contributed by atoms with van der Waals surface area (Å²) >= 11 is 0. The molecule has 0 unspecified atom stereocenters. The third-order valence-corrected chi connectivity index (χ3v) is 6.18. The summed E-state index contributed by atoms with van der Waals surface area (Å²) in [5.74, 6) is -3.24. The predicted molar refractivity (Wildman–Crippen MR) is 114 cm³/mol. The Kier molecular flexibility index (Phi) is 5.52. The molecule has 1 spiro atoms. The van der Waals surface area contributed by atoms with Gasteiger partial charge in [0.1, 0.15) is 6.61 Å². The van der Waals surface area contributed by atoms with E-state index in [0.29, 0.717) is 11.8 Å². The van der Waals surface area contributed by atoms with Crippen LogP contribution >= 0.6 is 0 Å². The molecule has 34 heavy (non-hydrogen) atoms. The average molecular weight is 468 g/mol. The van der Waals surface area contributed by atoms with Crippen LogP contribution in [0.25, 0.3) is 0 Å². The standard InChI is InChI=1S/C25H24O9/c1-23(2)32-18(13-26)25(34-23)22(28)31-19-15-29-20(17-11-7-4-8-12-17)33-24(19,25)21(27)30-14-16-9-5-3-6-10-16/h3-13,18-20H,14-15H2,1-2H3/t18-,19-,20+,24-,25+/m1/s1. The molecule has 0 aromatic heterocycles. The first-order chi connectivity index (χ1) is 16.3. The van der Waals surface area contributed by atoms with Gasteiger partial charge in [0, 0.05) is 5.56 Å². The summed E-state index contributed by atoms with van der Waals surface area (Å²) in [7, 11) is 0. The Hall–Kier alpha value is -3.11. The van der Waals surface area contributed by atoms with Crippen LogP contribution in [0.3, 0.4) is 0 Å². The van der Waals surface area contributed by atoms with Crippen molar-refractivity contribution in [2.45, 2.75) is 55.9 Å². The normalized spacial score (nSPS) is 33.8. The molecule has 2 aromatic carbocycles. The van der Waals surface area contributed by atoms with Gasteiger partial charge in [-0.15, -0.1) is 0 Å². The first-order valence-electron chi connectivity index (χ1n) is 10.9. The van der Waals surface area contributed by atoms with Gasteiger partial charge in [-0.1, -0.05) is 60.7 Å². The summed E-state index contributed by atoms with van der Waals surface area (Å²) in [6.07, 6.45) is -3.32. The maximum atomic E-state index is 13.8. The fourth-order valence-electron chi connectivity index (χ4n) is 4.75. The van der Waals surface area contributed by atoms with Gasteiger partial charge >= 0.3 is 11.9 Å². The van der Waals surface area contributed by atoms with E-state index < -0.39 is 47.4 Å². The molecular formula is C25H24O9. The molecule has 3 fully saturated rings. The van der Waals surface area contributed by atoms with Gasteiger partial charge in [0.2, 0.25) is 11.2 Å². The van der Waals surface area contributed by atoms with Crippen LogP contribution in [0, 0.1) is 0 Å². The second-order valence-electron chi connectivity index (χ2n) is 8.80. The van der Waals surface area contributed by atoms with Gasteiger partial charge in [-0.2, -0.15) is 0 Å². The molecule has 2 aromatic rings. The van der Waals surface area contributed by atoms with Crippen molar-refractivity contribution in [1.82, 2.24) is 0 Å². The molecule has 0 radical (unpaired) electrons. The van der Waals surface area contributed by atoms with E-state index in [1.807, 2.05) is 24.3 Å². The lowest BCUT2D eigenvalue weighted by molar-refractivity contribution is -0.315. The van der Waals surface area contributed by atoms with E-state index in [1.54, 1.807) is 36.4 Å². The Labute approximate surface area is 195 Å². The Morgan fingerprint density at radius 1 is 1.06 bits per heavy atom. The third-order valence-electron chi connectivity index (χ3n) is 6.18. The zero-order valence-corrected chi connectivity index (χ0v) is 18.7. The van der Waals surface area contributed by atoms with Gasteiger partial charge in [-0.05, 0) is 19.4 Å². The van der Waals surface area contributed by atoms with Crippen molar-refractivity contribution in [3.8, 4) is 0 Å². The molecule has 0 bridgehead atoms. The fraction of sp³-hybridized carbons (Fsp3) is 0.400. The fourth-order valence-corrected chi connectivity index (χ4v) is 4.75. The molecule has 5 rings (SSSR count). The largest absolute Gasteiger partial charge is 0.458 e. The molecule has 3 saturated heterocycles. The number of benzene rings is 2. The monoisotopic (exact) mass is 468 g/mol. The zero-order valence-electron chi connectivity index (χ0n) is 18.7. The minimum atomic E-state index is -2.21. The van der Waals surface area contributed by atoms with E-state index >= 15 is 0 Å². The van der Waals surface area contributed by atoms with Gasteiger partial charge in [-0.3, -0.25) is 0 Å². The number of fused-ring (bicyclic) bond motifs is 2. The van der Waals surface area contributed by atoms with Crippen molar-refractivity contribution in [2.24, 2.45) is 0 Å². The van der Waals surface area contributed by atoms with Gasteiger partial charge < -0.3 is 33.2 Å². The van der Waals surface area contributed by atoms with Crippen LogP contribution in [0.5, 0.6) is 0 Å². The maximum absolute atomic E-state index is 13.8. The third kappa shape index (κ3) is 3.35. The van der Waals surface area contributed by atoms with E-state index in [-0.39, 0.29) is 13.2 Å².